The maximum absolute atomic E-state index is 10.1. The number of aryl methyl sites for hydroxylation is 1. The summed E-state index contributed by atoms with van der Waals surface area (Å²) in [7, 11) is 0. The standard InChI is InChI=1S/C17H17N5O2S/c1-4-11(14-9-8-10(2)24-14)19-16-17(22-25-21-16)20-13-7-5-6-12(18-3)15(13)23/h5-9,11,23H,4H2,1-2H3,(H,19,21)(H,20,22)/t11-/m1/s1. The lowest BCUT2D eigenvalue weighted by molar-refractivity contribution is 0.452. The Balaban J connectivity index is 1.82. The van der Waals surface area contributed by atoms with E-state index in [9.17, 15) is 5.11 Å². The molecule has 3 N–H and O–H groups in total. The Morgan fingerprint density at radius 2 is 2.08 bits per heavy atom. The number of aromatic hydroxyl groups is 1. The van der Waals surface area contributed by atoms with Gasteiger partial charge in [0.15, 0.2) is 11.6 Å². The minimum atomic E-state index is -0.106. The fourth-order valence-electron chi connectivity index (χ4n) is 2.40. The molecular weight excluding hydrogens is 338 g/mol. The third-order valence-corrected chi connectivity index (χ3v) is 4.23. The Hall–Kier alpha value is -3.05. The number of furan rings is 1. The van der Waals surface area contributed by atoms with Gasteiger partial charge in [-0.3, -0.25) is 0 Å². The summed E-state index contributed by atoms with van der Waals surface area (Å²) in [5.41, 5.74) is 0.589. The summed E-state index contributed by atoms with van der Waals surface area (Å²) < 4.78 is 14.2. The number of aromatic nitrogens is 2. The van der Waals surface area contributed by atoms with Crippen LogP contribution in [0, 0.1) is 13.5 Å². The summed E-state index contributed by atoms with van der Waals surface area (Å²) in [4.78, 5) is 3.28. The molecule has 7 nitrogen and oxygen atoms in total. The number of phenols is 1. The first-order valence-corrected chi connectivity index (χ1v) is 8.47. The molecule has 0 saturated carbocycles. The summed E-state index contributed by atoms with van der Waals surface area (Å²) in [6, 6.07) is 8.75. The number of phenolic OH excluding ortho intramolecular Hbond substituents is 1. The highest BCUT2D eigenvalue weighted by Gasteiger charge is 2.18. The van der Waals surface area contributed by atoms with Crippen LogP contribution in [0.25, 0.3) is 4.85 Å². The maximum atomic E-state index is 10.1. The average Bonchev–Trinajstić information content (AvgIpc) is 3.23. The van der Waals surface area contributed by atoms with Gasteiger partial charge in [-0.2, -0.15) is 8.75 Å². The molecule has 2 aromatic heterocycles. The van der Waals surface area contributed by atoms with Gasteiger partial charge in [0.05, 0.1) is 30.0 Å². The molecule has 0 aliphatic carbocycles. The van der Waals surface area contributed by atoms with Crippen LogP contribution in [0.4, 0.5) is 23.0 Å². The molecule has 0 radical (unpaired) electrons. The van der Waals surface area contributed by atoms with E-state index in [1.807, 2.05) is 26.0 Å². The first-order valence-electron chi connectivity index (χ1n) is 7.74. The molecule has 0 spiro atoms. The van der Waals surface area contributed by atoms with Gasteiger partial charge in [-0.05, 0) is 31.5 Å². The lowest BCUT2D eigenvalue weighted by Crippen LogP contribution is -2.10. The lowest BCUT2D eigenvalue weighted by atomic mass is 10.2. The molecule has 0 saturated heterocycles. The van der Waals surface area contributed by atoms with E-state index in [-0.39, 0.29) is 17.5 Å². The van der Waals surface area contributed by atoms with Crippen LogP contribution in [0.15, 0.2) is 34.7 Å². The van der Waals surface area contributed by atoms with Crippen LogP contribution >= 0.6 is 11.7 Å². The molecule has 3 rings (SSSR count). The zero-order valence-electron chi connectivity index (χ0n) is 13.8. The second-order valence-electron chi connectivity index (χ2n) is 5.43. The van der Waals surface area contributed by atoms with Crippen LogP contribution < -0.4 is 10.6 Å². The minimum Gasteiger partial charge on any atom is -0.517 e. The number of rotatable bonds is 6. The Morgan fingerprint density at radius 3 is 2.76 bits per heavy atom. The van der Waals surface area contributed by atoms with E-state index in [1.165, 1.54) is 0 Å². The highest BCUT2D eigenvalue weighted by Crippen LogP contribution is 2.37. The van der Waals surface area contributed by atoms with Gasteiger partial charge in [-0.15, -0.1) is 0 Å². The molecule has 128 valence electrons. The predicted molar refractivity (Wildman–Crippen MR) is 97.7 cm³/mol. The number of anilines is 3. The van der Waals surface area contributed by atoms with Gasteiger partial charge in [0.1, 0.15) is 17.3 Å². The lowest BCUT2D eigenvalue weighted by Gasteiger charge is -2.15. The van der Waals surface area contributed by atoms with Crippen molar-refractivity contribution in [2.75, 3.05) is 10.6 Å². The Bertz CT molecular complexity index is 912. The van der Waals surface area contributed by atoms with Crippen LogP contribution in [-0.4, -0.2) is 13.9 Å². The van der Waals surface area contributed by atoms with Crippen molar-refractivity contribution in [2.24, 2.45) is 0 Å². The zero-order valence-corrected chi connectivity index (χ0v) is 14.6. The third-order valence-electron chi connectivity index (χ3n) is 3.70. The summed E-state index contributed by atoms with van der Waals surface area (Å²) in [5, 5.41) is 16.5. The highest BCUT2D eigenvalue weighted by molar-refractivity contribution is 6.99. The number of nitrogens with one attached hydrogen (secondary N) is 2. The second-order valence-corrected chi connectivity index (χ2v) is 5.95. The summed E-state index contributed by atoms with van der Waals surface area (Å²) in [6.07, 6.45) is 0.808. The van der Waals surface area contributed by atoms with Gasteiger partial charge in [0.25, 0.3) is 0 Å². The van der Waals surface area contributed by atoms with Gasteiger partial charge < -0.3 is 20.2 Å². The first-order chi connectivity index (χ1) is 12.1. The first kappa shape index (κ1) is 16.8. The van der Waals surface area contributed by atoms with Gasteiger partial charge in [0.2, 0.25) is 5.69 Å². The normalized spacial score (nSPS) is 11.7. The molecule has 0 amide bonds. The van der Waals surface area contributed by atoms with Gasteiger partial charge in [0, 0.05) is 0 Å². The van der Waals surface area contributed by atoms with E-state index in [2.05, 4.69) is 24.2 Å². The number of hydrogen-bond donors (Lipinski definition) is 3. The van der Waals surface area contributed by atoms with E-state index in [0.717, 1.165) is 29.7 Å². The second kappa shape index (κ2) is 7.23. The number of benzene rings is 1. The maximum Gasteiger partial charge on any atom is 0.230 e. The Morgan fingerprint density at radius 1 is 1.28 bits per heavy atom. The number of hydrogen-bond acceptors (Lipinski definition) is 7. The quantitative estimate of drug-likeness (QED) is 0.426. The minimum absolute atomic E-state index is 0.0404. The van der Waals surface area contributed by atoms with Gasteiger partial charge in [-0.1, -0.05) is 19.1 Å². The van der Waals surface area contributed by atoms with Crippen molar-refractivity contribution in [1.82, 2.24) is 8.75 Å². The molecule has 8 heteroatoms. The predicted octanol–water partition coefficient (Wildman–Crippen LogP) is 5.00. The number of para-hydroxylation sites is 1. The molecule has 0 unspecified atom stereocenters. The third kappa shape index (κ3) is 3.56. The van der Waals surface area contributed by atoms with Crippen LogP contribution in [0.3, 0.4) is 0 Å². The number of nitrogens with zero attached hydrogens (tertiary/aromatic N) is 3. The van der Waals surface area contributed by atoms with E-state index in [0.29, 0.717) is 17.3 Å². The molecule has 0 bridgehead atoms. The van der Waals surface area contributed by atoms with Crippen molar-refractivity contribution >= 4 is 34.7 Å². The van der Waals surface area contributed by atoms with Crippen molar-refractivity contribution in [3.8, 4) is 5.75 Å². The Labute approximate surface area is 149 Å². The molecule has 25 heavy (non-hydrogen) atoms. The van der Waals surface area contributed by atoms with Crippen molar-refractivity contribution in [1.29, 1.82) is 0 Å². The molecule has 0 fully saturated rings. The summed E-state index contributed by atoms with van der Waals surface area (Å²) in [6.45, 7) is 11.0. The van der Waals surface area contributed by atoms with Crippen molar-refractivity contribution < 1.29 is 9.52 Å². The van der Waals surface area contributed by atoms with Crippen LogP contribution in [0.1, 0.15) is 30.9 Å². The SMILES string of the molecule is [C-]#[N+]c1cccc(Nc2nsnc2N[C@H](CC)c2ccc(C)o2)c1O. The molecule has 1 atom stereocenters. The van der Waals surface area contributed by atoms with E-state index in [1.54, 1.807) is 18.2 Å². The topological polar surface area (TPSA) is 87.6 Å². The van der Waals surface area contributed by atoms with E-state index >= 15 is 0 Å². The average molecular weight is 355 g/mol. The fraction of sp³-hybridized carbons (Fsp3) is 0.235. The van der Waals surface area contributed by atoms with Gasteiger partial charge in [-0.25, -0.2) is 4.85 Å². The highest BCUT2D eigenvalue weighted by atomic mass is 32.1. The van der Waals surface area contributed by atoms with Crippen molar-refractivity contribution in [3.63, 3.8) is 0 Å². The molecule has 3 aromatic rings. The smallest absolute Gasteiger partial charge is 0.230 e. The molecular formula is C17H17N5O2S. The molecule has 0 aliphatic heterocycles. The fourth-order valence-corrected chi connectivity index (χ4v) is 2.87. The van der Waals surface area contributed by atoms with Crippen molar-refractivity contribution in [3.05, 3.63) is 53.3 Å². The van der Waals surface area contributed by atoms with Crippen LogP contribution in [0.2, 0.25) is 0 Å². The van der Waals surface area contributed by atoms with Gasteiger partial charge >= 0.3 is 0 Å². The van der Waals surface area contributed by atoms with Crippen LogP contribution in [0.5, 0.6) is 5.75 Å². The summed E-state index contributed by atoms with van der Waals surface area (Å²) >= 11 is 1.06. The monoisotopic (exact) mass is 355 g/mol. The largest absolute Gasteiger partial charge is 0.517 e. The van der Waals surface area contributed by atoms with Crippen LogP contribution in [-0.2, 0) is 0 Å². The van der Waals surface area contributed by atoms with Crippen molar-refractivity contribution in [2.45, 2.75) is 26.3 Å². The van der Waals surface area contributed by atoms with E-state index in [4.69, 9.17) is 11.0 Å². The summed E-state index contributed by atoms with van der Waals surface area (Å²) in [5.74, 6) is 2.63. The Kier molecular flexibility index (Phi) is 4.86. The van der Waals surface area contributed by atoms with E-state index < -0.39 is 0 Å². The molecule has 0 aliphatic rings. The molecule has 1 aromatic carbocycles. The zero-order chi connectivity index (χ0) is 17.8. The molecule has 2 heterocycles.